The van der Waals surface area contributed by atoms with Gasteiger partial charge in [-0.2, -0.15) is 0 Å². The fraction of sp³-hybridized carbons (Fsp3) is 0.786. The highest BCUT2D eigenvalue weighted by atomic mass is 16.6. The predicted octanol–water partition coefficient (Wildman–Crippen LogP) is 1.05. The van der Waals surface area contributed by atoms with Gasteiger partial charge in [-0.25, -0.2) is 4.63 Å². The molecule has 3 rings (SSSR count). The molecule has 1 N–H and O–H groups in total. The van der Waals surface area contributed by atoms with Crippen LogP contribution < -0.4 is 5.32 Å². The Labute approximate surface area is 118 Å². The van der Waals surface area contributed by atoms with E-state index in [1.807, 2.05) is 11.8 Å². The van der Waals surface area contributed by atoms with Crippen LogP contribution in [0.5, 0.6) is 0 Å². The zero-order valence-corrected chi connectivity index (χ0v) is 12.0. The van der Waals surface area contributed by atoms with Gasteiger partial charge >= 0.3 is 0 Å². The van der Waals surface area contributed by atoms with Gasteiger partial charge in [0, 0.05) is 25.2 Å². The van der Waals surface area contributed by atoms with E-state index < -0.39 is 0 Å². The van der Waals surface area contributed by atoms with Gasteiger partial charge < -0.3 is 10.2 Å². The third-order valence-electron chi connectivity index (χ3n) is 4.49. The fourth-order valence-corrected chi connectivity index (χ4v) is 2.87. The number of carbonyl (C=O) groups is 1. The zero-order chi connectivity index (χ0) is 13.9. The minimum absolute atomic E-state index is 0.130. The molecule has 1 amide bonds. The van der Waals surface area contributed by atoms with Gasteiger partial charge in [0.05, 0.1) is 6.42 Å². The predicted molar refractivity (Wildman–Crippen MR) is 73.1 cm³/mol. The highest BCUT2D eigenvalue weighted by Crippen LogP contribution is 2.21. The fourth-order valence-electron chi connectivity index (χ4n) is 2.87. The van der Waals surface area contributed by atoms with Crippen molar-refractivity contribution in [2.75, 3.05) is 13.1 Å². The summed E-state index contributed by atoms with van der Waals surface area (Å²) in [6.45, 7) is 3.50. The number of carbonyl (C=O) groups excluding carboxylic acids is 1. The number of piperidine rings is 1. The molecule has 2 fully saturated rings. The third kappa shape index (κ3) is 3.00. The Kier molecular flexibility index (Phi) is 4.00. The molecule has 1 saturated heterocycles. The second-order valence-electron chi connectivity index (χ2n) is 5.92. The van der Waals surface area contributed by atoms with E-state index in [-0.39, 0.29) is 5.91 Å². The summed E-state index contributed by atoms with van der Waals surface area (Å²) in [4.78, 5) is 14.1. The van der Waals surface area contributed by atoms with Gasteiger partial charge in [-0.05, 0) is 32.6 Å². The molecular weight excluding hydrogens is 256 g/mol. The lowest BCUT2D eigenvalue weighted by molar-refractivity contribution is -0.131. The number of aryl methyl sites for hydroxylation is 1. The Hall–Kier alpha value is -1.43. The van der Waals surface area contributed by atoms with Gasteiger partial charge in [-0.3, -0.25) is 4.79 Å². The van der Waals surface area contributed by atoms with Crippen LogP contribution in [0.3, 0.4) is 0 Å². The van der Waals surface area contributed by atoms with Crippen LogP contribution >= 0.6 is 0 Å². The van der Waals surface area contributed by atoms with E-state index in [4.69, 9.17) is 0 Å². The molecule has 6 heteroatoms. The Morgan fingerprint density at radius 1 is 1.25 bits per heavy atom. The van der Waals surface area contributed by atoms with E-state index >= 15 is 0 Å². The molecule has 1 aromatic rings. The number of hydrogen-bond donors (Lipinski definition) is 1. The van der Waals surface area contributed by atoms with Gasteiger partial charge in [-0.15, -0.1) is 0 Å². The topological polar surface area (TPSA) is 71.3 Å². The lowest BCUT2D eigenvalue weighted by atomic mass is 9.91. The van der Waals surface area contributed by atoms with Crippen molar-refractivity contribution < 1.29 is 9.42 Å². The second kappa shape index (κ2) is 5.91. The van der Waals surface area contributed by atoms with Gasteiger partial charge in [0.2, 0.25) is 5.91 Å². The van der Waals surface area contributed by atoms with Crippen molar-refractivity contribution in [3.05, 3.63) is 11.4 Å². The lowest BCUT2D eigenvalue weighted by Crippen LogP contribution is -2.49. The van der Waals surface area contributed by atoms with Crippen molar-refractivity contribution in [2.24, 2.45) is 0 Å². The number of aromatic nitrogens is 2. The van der Waals surface area contributed by atoms with E-state index in [0.717, 1.165) is 32.0 Å². The molecule has 2 heterocycles. The molecule has 0 unspecified atom stereocenters. The van der Waals surface area contributed by atoms with Gasteiger partial charge in [0.25, 0.3) is 0 Å². The summed E-state index contributed by atoms with van der Waals surface area (Å²) >= 11 is 0. The molecule has 1 aliphatic heterocycles. The molecule has 0 bridgehead atoms. The highest BCUT2D eigenvalue weighted by Gasteiger charge is 2.27. The van der Waals surface area contributed by atoms with Crippen LogP contribution in [0.25, 0.3) is 0 Å². The quantitative estimate of drug-likeness (QED) is 0.891. The maximum atomic E-state index is 12.2. The van der Waals surface area contributed by atoms with Crippen LogP contribution in [0.15, 0.2) is 4.63 Å². The monoisotopic (exact) mass is 278 g/mol. The van der Waals surface area contributed by atoms with Crippen molar-refractivity contribution in [3.8, 4) is 0 Å². The van der Waals surface area contributed by atoms with Crippen molar-refractivity contribution in [3.63, 3.8) is 0 Å². The van der Waals surface area contributed by atoms with Gasteiger partial charge in [-0.1, -0.05) is 16.7 Å². The average Bonchev–Trinajstić information content (AvgIpc) is 2.80. The van der Waals surface area contributed by atoms with E-state index in [0.29, 0.717) is 23.9 Å². The lowest BCUT2D eigenvalue weighted by Gasteiger charge is -2.37. The first kappa shape index (κ1) is 13.5. The minimum atomic E-state index is 0.130. The van der Waals surface area contributed by atoms with Gasteiger partial charge in [0.1, 0.15) is 11.4 Å². The summed E-state index contributed by atoms with van der Waals surface area (Å²) in [5.74, 6) is 0.130. The van der Waals surface area contributed by atoms with Crippen LogP contribution in [0.4, 0.5) is 0 Å². The standard InChI is InChI=1S/C14H22N4O2/c1-10-13(17-20-16-10)9-14(19)18-7-5-12(6-8-18)15-11-3-2-4-11/h11-12,15H,2-9H2,1H3. The van der Waals surface area contributed by atoms with Crippen LogP contribution in [0.1, 0.15) is 43.5 Å². The maximum Gasteiger partial charge on any atom is 0.228 e. The summed E-state index contributed by atoms with van der Waals surface area (Å²) in [5, 5.41) is 11.2. The highest BCUT2D eigenvalue weighted by molar-refractivity contribution is 5.78. The van der Waals surface area contributed by atoms with E-state index in [9.17, 15) is 4.79 Å². The average molecular weight is 278 g/mol. The van der Waals surface area contributed by atoms with Crippen molar-refractivity contribution in [1.29, 1.82) is 0 Å². The largest absolute Gasteiger partial charge is 0.342 e. The van der Waals surface area contributed by atoms with Crippen LogP contribution in [-0.4, -0.2) is 46.3 Å². The van der Waals surface area contributed by atoms with Crippen LogP contribution in [-0.2, 0) is 11.2 Å². The Morgan fingerprint density at radius 3 is 2.50 bits per heavy atom. The number of nitrogens with zero attached hydrogens (tertiary/aromatic N) is 3. The Balaban J connectivity index is 1.45. The molecule has 110 valence electrons. The number of likely N-dealkylation sites (tertiary alicyclic amines) is 1. The molecule has 20 heavy (non-hydrogen) atoms. The third-order valence-corrected chi connectivity index (χ3v) is 4.49. The smallest absolute Gasteiger partial charge is 0.228 e. The number of hydrogen-bond acceptors (Lipinski definition) is 5. The molecule has 0 aromatic carbocycles. The molecule has 1 aromatic heterocycles. The summed E-state index contributed by atoms with van der Waals surface area (Å²) in [6.07, 6.45) is 6.40. The molecule has 2 aliphatic rings. The van der Waals surface area contributed by atoms with E-state index in [2.05, 4.69) is 20.3 Å². The maximum absolute atomic E-state index is 12.2. The number of rotatable bonds is 4. The zero-order valence-electron chi connectivity index (χ0n) is 12.0. The van der Waals surface area contributed by atoms with Crippen molar-refractivity contribution in [1.82, 2.24) is 20.5 Å². The summed E-state index contributed by atoms with van der Waals surface area (Å²) in [6, 6.07) is 1.31. The van der Waals surface area contributed by atoms with Crippen LogP contribution in [0, 0.1) is 6.92 Å². The van der Waals surface area contributed by atoms with Crippen molar-refractivity contribution >= 4 is 5.91 Å². The first-order valence-electron chi connectivity index (χ1n) is 7.54. The van der Waals surface area contributed by atoms with E-state index in [1.54, 1.807) is 0 Å². The molecule has 6 nitrogen and oxygen atoms in total. The van der Waals surface area contributed by atoms with E-state index in [1.165, 1.54) is 19.3 Å². The summed E-state index contributed by atoms with van der Waals surface area (Å²) < 4.78 is 4.63. The number of nitrogens with one attached hydrogen (secondary N) is 1. The summed E-state index contributed by atoms with van der Waals surface area (Å²) in [5.41, 5.74) is 1.37. The molecule has 0 radical (unpaired) electrons. The van der Waals surface area contributed by atoms with Crippen molar-refractivity contribution in [2.45, 2.75) is 57.5 Å². The molecule has 0 spiro atoms. The van der Waals surface area contributed by atoms with Gasteiger partial charge in [0.15, 0.2) is 0 Å². The Morgan fingerprint density at radius 2 is 1.95 bits per heavy atom. The molecular formula is C14H22N4O2. The van der Waals surface area contributed by atoms with Crippen LogP contribution in [0.2, 0.25) is 0 Å². The second-order valence-corrected chi connectivity index (χ2v) is 5.92. The SMILES string of the molecule is Cc1nonc1CC(=O)N1CCC(NC2CCC2)CC1. The summed E-state index contributed by atoms with van der Waals surface area (Å²) in [7, 11) is 0. The molecule has 1 saturated carbocycles. The minimum Gasteiger partial charge on any atom is -0.342 e. The molecule has 1 aliphatic carbocycles. The number of amides is 1. The first-order valence-corrected chi connectivity index (χ1v) is 7.54. The Bertz CT molecular complexity index is 461. The normalized spacial score (nSPS) is 20.9. The molecule has 0 atom stereocenters. The first-order chi connectivity index (χ1) is 9.72.